The first-order valence-electron chi connectivity index (χ1n) is 6.91. The fourth-order valence-electron chi connectivity index (χ4n) is 1.83. The average molecular weight is 370 g/mol. The lowest BCUT2D eigenvalue weighted by Gasteiger charge is -2.09. The van der Waals surface area contributed by atoms with Crippen LogP contribution in [0, 0.1) is 0 Å². The maximum Gasteiger partial charge on any atom is 0.240 e. The Morgan fingerprint density at radius 1 is 0.625 bits per heavy atom. The number of hydrogen-bond donors (Lipinski definition) is 4. The zero-order valence-electron chi connectivity index (χ0n) is 12.6. The predicted octanol–water partition coefficient (Wildman–Crippen LogP) is 0.108. The number of nitrogens with two attached hydrogens (primary N) is 2. The van der Waals surface area contributed by atoms with Gasteiger partial charge in [0.25, 0.3) is 0 Å². The molecule has 0 radical (unpaired) electrons. The smallest absolute Gasteiger partial charge is 0.240 e. The summed E-state index contributed by atoms with van der Waals surface area (Å²) in [4.78, 5) is 0.108. The molecular formula is C14H18N4O4S2. The van der Waals surface area contributed by atoms with Crippen molar-refractivity contribution in [1.29, 1.82) is 0 Å². The molecule has 2 aromatic carbocycles. The van der Waals surface area contributed by atoms with Crippen LogP contribution in [0.15, 0.2) is 58.3 Å². The van der Waals surface area contributed by atoms with Gasteiger partial charge in [0, 0.05) is 24.5 Å². The first-order chi connectivity index (χ1) is 11.2. The van der Waals surface area contributed by atoms with E-state index in [1.807, 2.05) is 0 Å². The van der Waals surface area contributed by atoms with Crippen LogP contribution in [0.1, 0.15) is 0 Å². The summed E-state index contributed by atoms with van der Waals surface area (Å²) in [5.41, 5.74) is 11.9. The number of nitrogens with one attached hydrogen (secondary N) is 2. The Hall–Kier alpha value is -2.14. The van der Waals surface area contributed by atoms with E-state index in [1.165, 1.54) is 48.5 Å². The van der Waals surface area contributed by atoms with Crippen molar-refractivity contribution in [3.05, 3.63) is 48.5 Å². The van der Waals surface area contributed by atoms with Gasteiger partial charge in [0.05, 0.1) is 9.79 Å². The van der Waals surface area contributed by atoms with Crippen molar-refractivity contribution < 1.29 is 16.8 Å². The van der Waals surface area contributed by atoms with Crippen LogP contribution in [0.5, 0.6) is 0 Å². The summed E-state index contributed by atoms with van der Waals surface area (Å²) in [7, 11) is -7.44. The molecule has 2 rings (SSSR count). The maximum atomic E-state index is 12.0. The molecule has 2 aromatic rings. The van der Waals surface area contributed by atoms with E-state index in [0.29, 0.717) is 11.4 Å². The van der Waals surface area contributed by atoms with Crippen molar-refractivity contribution in [2.75, 3.05) is 24.6 Å². The fourth-order valence-corrected chi connectivity index (χ4v) is 3.90. The number of benzene rings is 2. The number of rotatable bonds is 7. The highest BCUT2D eigenvalue weighted by Crippen LogP contribution is 2.12. The molecule has 8 nitrogen and oxygen atoms in total. The Labute approximate surface area is 141 Å². The van der Waals surface area contributed by atoms with Crippen LogP contribution in [0.2, 0.25) is 0 Å². The summed E-state index contributed by atoms with van der Waals surface area (Å²) in [6, 6.07) is 11.4. The largest absolute Gasteiger partial charge is 0.399 e. The van der Waals surface area contributed by atoms with Crippen LogP contribution in [0.4, 0.5) is 11.4 Å². The molecule has 0 bridgehead atoms. The Bertz CT molecular complexity index is 815. The van der Waals surface area contributed by atoms with E-state index >= 15 is 0 Å². The molecule has 10 heteroatoms. The van der Waals surface area contributed by atoms with Gasteiger partial charge in [0.1, 0.15) is 0 Å². The number of sulfonamides is 2. The van der Waals surface area contributed by atoms with E-state index in [-0.39, 0.29) is 22.9 Å². The van der Waals surface area contributed by atoms with Gasteiger partial charge in [-0.15, -0.1) is 0 Å². The Balaban J connectivity index is 1.92. The summed E-state index contributed by atoms with van der Waals surface area (Å²) in [5, 5.41) is 0. The van der Waals surface area contributed by atoms with Gasteiger partial charge in [-0.05, 0) is 48.5 Å². The van der Waals surface area contributed by atoms with E-state index < -0.39 is 20.0 Å². The lowest BCUT2D eigenvalue weighted by Crippen LogP contribution is -2.34. The van der Waals surface area contributed by atoms with Gasteiger partial charge in [0.2, 0.25) is 20.0 Å². The van der Waals surface area contributed by atoms with Gasteiger partial charge in [-0.25, -0.2) is 26.3 Å². The fraction of sp³-hybridized carbons (Fsp3) is 0.143. The third kappa shape index (κ3) is 4.68. The van der Waals surface area contributed by atoms with Crippen LogP contribution in [-0.4, -0.2) is 29.9 Å². The molecule has 0 spiro atoms. The molecule has 0 aliphatic rings. The second kappa shape index (κ2) is 7.18. The second-order valence-corrected chi connectivity index (χ2v) is 8.47. The van der Waals surface area contributed by atoms with Gasteiger partial charge in [0.15, 0.2) is 0 Å². The van der Waals surface area contributed by atoms with Gasteiger partial charge in [-0.3, -0.25) is 0 Å². The molecule has 24 heavy (non-hydrogen) atoms. The zero-order valence-corrected chi connectivity index (χ0v) is 14.3. The van der Waals surface area contributed by atoms with Crippen LogP contribution in [0.25, 0.3) is 0 Å². The highest BCUT2D eigenvalue weighted by molar-refractivity contribution is 7.89. The molecule has 0 fully saturated rings. The Morgan fingerprint density at radius 3 is 1.21 bits per heavy atom. The molecule has 0 atom stereocenters. The molecule has 130 valence electrons. The van der Waals surface area contributed by atoms with Crippen LogP contribution in [0.3, 0.4) is 0 Å². The quantitative estimate of drug-likeness (QED) is 0.402. The minimum Gasteiger partial charge on any atom is -0.399 e. The van der Waals surface area contributed by atoms with E-state index in [2.05, 4.69) is 9.44 Å². The molecule has 0 saturated carbocycles. The highest BCUT2D eigenvalue weighted by Gasteiger charge is 2.15. The first-order valence-corrected chi connectivity index (χ1v) is 9.88. The molecule has 6 N–H and O–H groups in total. The monoisotopic (exact) mass is 370 g/mol. The number of nitrogen functional groups attached to an aromatic ring is 2. The molecular weight excluding hydrogens is 352 g/mol. The second-order valence-electron chi connectivity index (χ2n) is 4.93. The lowest BCUT2D eigenvalue weighted by molar-refractivity contribution is 0.570. The molecule has 0 aliphatic heterocycles. The van der Waals surface area contributed by atoms with Gasteiger partial charge in [-0.2, -0.15) is 0 Å². The standard InChI is InChI=1S/C14H18N4O4S2/c15-11-1-5-13(6-2-11)23(19,20)17-9-10-18-24(21,22)14-7-3-12(16)4-8-14/h1-8,17-18H,9-10,15-16H2. The minimum absolute atomic E-state index is 0.0538. The molecule has 0 aromatic heterocycles. The third-order valence-electron chi connectivity index (χ3n) is 3.09. The summed E-state index contributed by atoms with van der Waals surface area (Å²) < 4.78 is 52.8. The molecule has 0 aliphatic carbocycles. The SMILES string of the molecule is Nc1ccc(S(=O)(=O)NCCNS(=O)(=O)c2ccc(N)cc2)cc1. The average Bonchev–Trinajstić information content (AvgIpc) is 2.52. The van der Waals surface area contributed by atoms with Crippen molar-refractivity contribution >= 4 is 31.4 Å². The molecule has 0 unspecified atom stereocenters. The minimum atomic E-state index is -3.72. The number of anilines is 2. The van der Waals surface area contributed by atoms with Crippen molar-refractivity contribution in [3.63, 3.8) is 0 Å². The maximum absolute atomic E-state index is 12.0. The summed E-state index contributed by atoms with van der Waals surface area (Å²) in [6.45, 7) is -0.193. The first kappa shape index (κ1) is 18.2. The van der Waals surface area contributed by atoms with Gasteiger partial charge in [-0.1, -0.05) is 0 Å². The van der Waals surface area contributed by atoms with Gasteiger partial charge >= 0.3 is 0 Å². The van der Waals surface area contributed by atoms with Crippen LogP contribution >= 0.6 is 0 Å². The Kier molecular flexibility index (Phi) is 5.44. The summed E-state index contributed by atoms with van der Waals surface area (Å²) >= 11 is 0. The van der Waals surface area contributed by atoms with E-state index in [1.54, 1.807) is 0 Å². The lowest BCUT2D eigenvalue weighted by atomic mass is 10.3. The predicted molar refractivity (Wildman–Crippen MR) is 92.1 cm³/mol. The van der Waals surface area contributed by atoms with Crippen molar-refractivity contribution in [1.82, 2.24) is 9.44 Å². The van der Waals surface area contributed by atoms with Crippen molar-refractivity contribution in [2.24, 2.45) is 0 Å². The Morgan fingerprint density at radius 2 is 0.917 bits per heavy atom. The van der Waals surface area contributed by atoms with E-state index in [9.17, 15) is 16.8 Å². The topological polar surface area (TPSA) is 144 Å². The van der Waals surface area contributed by atoms with Gasteiger partial charge < -0.3 is 11.5 Å². The third-order valence-corrected chi connectivity index (χ3v) is 6.04. The van der Waals surface area contributed by atoms with Crippen LogP contribution < -0.4 is 20.9 Å². The highest BCUT2D eigenvalue weighted by atomic mass is 32.2. The van der Waals surface area contributed by atoms with Crippen molar-refractivity contribution in [3.8, 4) is 0 Å². The van der Waals surface area contributed by atoms with E-state index in [0.717, 1.165) is 0 Å². The molecule has 0 heterocycles. The zero-order chi connectivity index (χ0) is 17.8. The molecule has 0 amide bonds. The van der Waals surface area contributed by atoms with E-state index in [4.69, 9.17) is 11.5 Å². The summed E-state index contributed by atoms with van der Waals surface area (Å²) in [6.07, 6.45) is 0. The van der Waals surface area contributed by atoms with Crippen LogP contribution in [-0.2, 0) is 20.0 Å². The van der Waals surface area contributed by atoms with Crippen molar-refractivity contribution in [2.45, 2.75) is 9.79 Å². The normalized spacial score (nSPS) is 12.2. The number of hydrogen-bond acceptors (Lipinski definition) is 6. The summed E-state index contributed by atoms with van der Waals surface area (Å²) in [5.74, 6) is 0. The molecule has 0 saturated heterocycles.